The average Bonchev–Trinajstić information content (AvgIpc) is 2.45. The van der Waals surface area contributed by atoms with Gasteiger partial charge in [0.2, 0.25) is 0 Å². The fraction of sp³-hybridized carbons (Fsp3) is 0.667. The number of halogens is 1. The Morgan fingerprint density at radius 1 is 1.33 bits per heavy atom. The molecule has 1 fully saturated rings. The van der Waals surface area contributed by atoms with Crippen molar-refractivity contribution < 1.29 is 4.74 Å². The highest BCUT2D eigenvalue weighted by molar-refractivity contribution is 6.31. The highest BCUT2D eigenvalue weighted by Gasteiger charge is 2.37. The van der Waals surface area contributed by atoms with Crippen LogP contribution in [0, 0.1) is 18.3 Å². The van der Waals surface area contributed by atoms with Crippen LogP contribution in [0.1, 0.15) is 52.0 Å². The molecule has 3 atom stereocenters. The molecule has 2 rings (SSSR count). The first-order valence-corrected chi connectivity index (χ1v) is 8.39. The molecule has 0 radical (unpaired) electrons. The lowest BCUT2D eigenvalue weighted by molar-refractivity contribution is 0.0502. The van der Waals surface area contributed by atoms with E-state index < -0.39 is 0 Å². The van der Waals surface area contributed by atoms with Crippen LogP contribution in [0.2, 0.25) is 5.02 Å². The number of hydrogen-bond donors (Lipinski definition) is 1. The fourth-order valence-electron chi connectivity index (χ4n) is 3.15. The lowest BCUT2D eigenvalue weighted by Crippen LogP contribution is -2.46. The molecule has 0 spiro atoms. The average molecular weight is 310 g/mol. The number of hydrogen-bond acceptors (Lipinski definition) is 2. The van der Waals surface area contributed by atoms with Crippen LogP contribution in [-0.2, 0) is 0 Å². The summed E-state index contributed by atoms with van der Waals surface area (Å²) >= 11 is 6.07. The van der Waals surface area contributed by atoms with E-state index in [1.807, 2.05) is 25.1 Å². The van der Waals surface area contributed by atoms with Crippen LogP contribution < -0.4 is 10.5 Å². The van der Waals surface area contributed by atoms with Crippen molar-refractivity contribution in [1.82, 2.24) is 0 Å². The topological polar surface area (TPSA) is 35.2 Å². The summed E-state index contributed by atoms with van der Waals surface area (Å²) < 4.78 is 6.19. The maximum absolute atomic E-state index is 6.29. The first kappa shape index (κ1) is 16.6. The van der Waals surface area contributed by atoms with Crippen molar-refractivity contribution in [3.63, 3.8) is 0 Å². The van der Waals surface area contributed by atoms with Crippen LogP contribution in [0.3, 0.4) is 0 Å². The van der Waals surface area contributed by atoms with Crippen LogP contribution >= 0.6 is 11.6 Å². The Hall–Kier alpha value is -0.730. The van der Waals surface area contributed by atoms with Gasteiger partial charge in [0.1, 0.15) is 11.9 Å². The van der Waals surface area contributed by atoms with Gasteiger partial charge in [-0.05, 0) is 61.3 Å². The summed E-state index contributed by atoms with van der Waals surface area (Å²) in [7, 11) is 0. The van der Waals surface area contributed by atoms with Crippen molar-refractivity contribution in [3.05, 3.63) is 28.8 Å². The SMILES string of the molecule is CCC(C)(C)C1CCC(N)C(Oc2ccc(Cl)c(C)c2)C1. The van der Waals surface area contributed by atoms with Gasteiger partial charge >= 0.3 is 0 Å². The molecule has 0 bridgehead atoms. The monoisotopic (exact) mass is 309 g/mol. The van der Waals surface area contributed by atoms with Gasteiger partial charge in [-0.15, -0.1) is 0 Å². The van der Waals surface area contributed by atoms with Crippen molar-refractivity contribution >= 4 is 11.6 Å². The quantitative estimate of drug-likeness (QED) is 0.853. The molecule has 2 nitrogen and oxygen atoms in total. The second-order valence-electron chi connectivity index (χ2n) is 7.08. The summed E-state index contributed by atoms with van der Waals surface area (Å²) in [6.45, 7) is 8.99. The Morgan fingerprint density at radius 2 is 2.05 bits per heavy atom. The van der Waals surface area contributed by atoms with Crippen LogP contribution in [-0.4, -0.2) is 12.1 Å². The minimum atomic E-state index is 0.107. The Morgan fingerprint density at radius 3 is 2.67 bits per heavy atom. The molecule has 2 N–H and O–H groups in total. The molecule has 3 heteroatoms. The summed E-state index contributed by atoms with van der Waals surface area (Å²) in [5.41, 5.74) is 7.69. The number of aryl methyl sites for hydroxylation is 1. The molecular weight excluding hydrogens is 282 g/mol. The normalized spacial score (nSPS) is 26.7. The van der Waals surface area contributed by atoms with E-state index in [9.17, 15) is 0 Å². The van der Waals surface area contributed by atoms with Crippen molar-refractivity contribution in [1.29, 1.82) is 0 Å². The van der Waals surface area contributed by atoms with Gasteiger partial charge in [-0.1, -0.05) is 38.8 Å². The van der Waals surface area contributed by atoms with Crippen LogP contribution in [0.5, 0.6) is 5.75 Å². The summed E-state index contributed by atoms with van der Waals surface area (Å²) in [4.78, 5) is 0. The van der Waals surface area contributed by atoms with Crippen molar-refractivity contribution in [2.24, 2.45) is 17.1 Å². The molecule has 0 amide bonds. The summed E-state index contributed by atoms with van der Waals surface area (Å²) in [6, 6.07) is 5.97. The van der Waals surface area contributed by atoms with Gasteiger partial charge in [-0.2, -0.15) is 0 Å². The lowest BCUT2D eigenvalue weighted by Gasteiger charge is -2.42. The third kappa shape index (κ3) is 3.92. The van der Waals surface area contributed by atoms with E-state index in [4.69, 9.17) is 22.1 Å². The van der Waals surface area contributed by atoms with E-state index in [0.717, 1.165) is 29.2 Å². The first-order chi connectivity index (χ1) is 9.83. The Bertz CT molecular complexity index is 486. The number of ether oxygens (including phenoxy) is 1. The lowest BCUT2D eigenvalue weighted by atomic mass is 9.68. The molecule has 118 valence electrons. The highest BCUT2D eigenvalue weighted by atomic mass is 35.5. The zero-order chi connectivity index (χ0) is 15.6. The molecular formula is C18H28ClNO. The summed E-state index contributed by atoms with van der Waals surface area (Å²) in [5.74, 6) is 1.56. The van der Waals surface area contributed by atoms with Gasteiger partial charge in [0.25, 0.3) is 0 Å². The first-order valence-electron chi connectivity index (χ1n) is 8.02. The third-order valence-corrected chi connectivity index (χ3v) is 5.70. The molecule has 0 aromatic heterocycles. The number of benzene rings is 1. The Kier molecular flexibility index (Phi) is 5.21. The molecule has 21 heavy (non-hydrogen) atoms. The molecule has 1 aliphatic rings. The van der Waals surface area contributed by atoms with Gasteiger partial charge in [0.15, 0.2) is 0 Å². The smallest absolute Gasteiger partial charge is 0.120 e. The zero-order valence-corrected chi connectivity index (χ0v) is 14.4. The van der Waals surface area contributed by atoms with E-state index in [1.165, 1.54) is 12.8 Å². The van der Waals surface area contributed by atoms with E-state index in [0.29, 0.717) is 11.3 Å². The van der Waals surface area contributed by atoms with Crippen molar-refractivity contribution in [2.75, 3.05) is 0 Å². The van der Waals surface area contributed by atoms with Gasteiger partial charge < -0.3 is 10.5 Å². The molecule has 0 heterocycles. The summed E-state index contributed by atoms with van der Waals surface area (Å²) in [6.07, 6.45) is 4.60. The molecule has 0 saturated heterocycles. The van der Waals surface area contributed by atoms with Crippen LogP contribution in [0.4, 0.5) is 0 Å². The van der Waals surface area contributed by atoms with Gasteiger partial charge in [-0.3, -0.25) is 0 Å². The molecule has 1 saturated carbocycles. The van der Waals surface area contributed by atoms with E-state index in [1.54, 1.807) is 0 Å². The second kappa shape index (κ2) is 6.58. The molecule has 1 aromatic rings. The van der Waals surface area contributed by atoms with Gasteiger partial charge in [0, 0.05) is 11.1 Å². The highest BCUT2D eigenvalue weighted by Crippen LogP contribution is 2.41. The molecule has 1 aliphatic carbocycles. The predicted molar refractivity (Wildman–Crippen MR) is 90.0 cm³/mol. The van der Waals surface area contributed by atoms with E-state index in [2.05, 4.69) is 20.8 Å². The maximum atomic E-state index is 6.29. The third-order valence-electron chi connectivity index (χ3n) is 5.28. The molecule has 0 aliphatic heterocycles. The zero-order valence-electron chi connectivity index (χ0n) is 13.7. The second-order valence-corrected chi connectivity index (χ2v) is 7.49. The Labute approximate surface area is 134 Å². The van der Waals surface area contributed by atoms with Crippen LogP contribution in [0.15, 0.2) is 18.2 Å². The van der Waals surface area contributed by atoms with Crippen LogP contribution in [0.25, 0.3) is 0 Å². The number of nitrogens with two attached hydrogens (primary N) is 1. The predicted octanol–water partition coefficient (Wildman–Crippen LogP) is 4.96. The van der Waals surface area contributed by atoms with Crippen molar-refractivity contribution in [3.8, 4) is 5.75 Å². The summed E-state index contributed by atoms with van der Waals surface area (Å²) in [5, 5.41) is 0.778. The fourth-order valence-corrected chi connectivity index (χ4v) is 3.27. The standard InChI is InChI=1S/C18H28ClNO/c1-5-18(3,4)13-6-9-16(20)17(11-13)21-14-7-8-15(19)12(2)10-14/h7-8,10,13,16-17H,5-6,9,11,20H2,1-4H3. The van der Waals surface area contributed by atoms with Gasteiger partial charge in [-0.25, -0.2) is 0 Å². The number of rotatable bonds is 4. The molecule has 1 aromatic carbocycles. The van der Waals surface area contributed by atoms with Gasteiger partial charge in [0.05, 0.1) is 0 Å². The van der Waals surface area contributed by atoms with E-state index >= 15 is 0 Å². The largest absolute Gasteiger partial charge is 0.489 e. The van der Waals surface area contributed by atoms with E-state index in [-0.39, 0.29) is 12.1 Å². The van der Waals surface area contributed by atoms with Crippen molar-refractivity contribution in [2.45, 2.75) is 65.5 Å². The minimum absolute atomic E-state index is 0.107. The maximum Gasteiger partial charge on any atom is 0.120 e. The Balaban J connectivity index is 2.08. The minimum Gasteiger partial charge on any atom is -0.489 e. The molecule has 3 unspecified atom stereocenters.